The van der Waals surface area contributed by atoms with Crippen molar-refractivity contribution in [3.8, 4) is 0 Å². The van der Waals surface area contributed by atoms with E-state index in [1.165, 1.54) is 0 Å². The molecule has 156 valence electrons. The van der Waals surface area contributed by atoms with Gasteiger partial charge in [-0.1, -0.05) is 23.7 Å². The molecule has 0 unspecified atom stereocenters. The van der Waals surface area contributed by atoms with Crippen LogP contribution in [0.25, 0.3) is 10.9 Å². The van der Waals surface area contributed by atoms with Crippen LogP contribution in [0.1, 0.15) is 5.56 Å². The molecular weight excluding hydrogens is 400 g/mol. The van der Waals surface area contributed by atoms with Gasteiger partial charge in [0.1, 0.15) is 12.1 Å². The smallest absolute Gasteiger partial charge is 0.239 e. The van der Waals surface area contributed by atoms with E-state index in [1.807, 2.05) is 48.3 Å². The molecule has 2 aromatic carbocycles. The summed E-state index contributed by atoms with van der Waals surface area (Å²) in [4.78, 5) is 25.8. The lowest BCUT2D eigenvalue weighted by atomic mass is 10.1. The summed E-state index contributed by atoms with van der Waals surface area (Å²) in [6, 6.07) is 12.9. The maximum atomic E-state index is 12.8. The van der Waals surface area contributed by atoms with E-state index in [2.05, 4.69) is 26.3 Å². The van der Waals surface area contributed by atoms with Crippen LogP contribution in [0, 0.1) is 0 Å². The van der Waals surface area contributed by atoms with Crippen molar-refractivity contribution in [2.75, 3.05) is 43.4 Å². The van der Waals surface area contributed by atoms with Gasteiger partial charge in [0, 0.05) is 49.3 Å². The van der Waals surface area contributed by atoms with Crippen LogP contribution in [0.5, 0.6) is 0 Å². The lowest BCUT2D eigenvalue weighted by Gasteiger charge is -2.36. The Labute approximate surface area is 180 Å². The van der Waals surface area contributed by atoms with Gasteiger partial charge in [-0.15, -0.1) is 0 Å². The van der Waals surface area contributed by atoms with Gasteiger partial charge in [0.2, 0.25) is 5.91 Å². The van der Waals surface area contributed by atoms with E-state index in [4.69, 9.17) is 17.3 Å². The third-order valence-electron chi connectivity index (χ3n) is 5.48. The number of amides is 1. The van der Waals surface area contributed by atoms with Crippen molar-refractivity contribution in [1.82, 2.24) is 14.9 Å². The Hall–Kier alpha value is -2.90. The van der Waals surface area contributed by atoms with Crippen molar-refractivity contribution < 1.29 is 4.79 Å². The van der Waals surface area contributed by atoms with Gasteiger partial charge in [-0.05, 0) is 42.3 Å². The van der Waals surface area contributed by atoms with Crippen LogP contribution in [0.4, 0.5) is 11.5 Å². The van der Waals surface area contributed by atoms with Crippen LogP contribution in [0.3, 0.4) is 0 Å². The van der Waals surface area contributed by atoms with Crippen molar-refractivity contribution >= 4 is 39.9 Å². The maximum Gasteiger partial charge on any atom is 0.239 e. The first kappa shape index (κ1) is 20.4. The molecule has 7 nitrogen and oxygen atoms in total. The number of piperazine rings is 1. The number of hydrogen-bond donors (Lipinski definition) is 2. The molecule has 1 aromatic heterocycles. The second-order valence-corrected chi connectivity index (χ2v) is 7.87. The number of rotatable bonds is 5. The maximum absolute atomic E-state index is 12.8. The molecule has 3 aromatic rings. The minimum absolute atomic E-state index is 0.0189. The molecule has 8 heteroatoms. The van der Waals surface area contributed by atoms with Crippen molar-refractivity contribution in [2.24, 2.45) is 5.73 Å². The third-order valence-corrected chi connectivity index (χ3v) is 5.73. The number of nitrogens with one attached hydrogen (secondary N) is 1. The SMILES string of the molecule is CNc1ccc2ncnc(N3CCN(C(=O)[C@H](N)Cc4ccc(Cl)cc4)CC3)c2c1. The van der Waals surface area contributed by atoms with Crippen LogP contribution in [-0.2, 0) is 11.2 Å². The zero-order valence-electron chi connectivity index (χ0n) is 16.9. The molecule has 0 aliphatic carbocycles. The number of carbonyl (C=O) groups excluding carboxylic acids is 1. The fraction of sp³-hybridized carbons (Fsp3) is 0.318. The molecule has 0 saturated carbocycles. The number of nitrogens with zero attached hydrogens (tertiary/aromatic N) is 4. The second-order valence-electron chi connectivity index (χ2n) is 7.43. The minimum atomic E-state index is -0.559. The van der Waals surface area contributed by atoms with E-state index in [0.717, 1.165) is 28.0 Å². The molecule has 1 fully saturated rings. The topological polar surface area (TPSA) is 87.4 Å². The Balaban J connectivity index is 1.42. The molecule has 30 heavy (non-hydrogen) atoms. The largest absolute Gasteiger partial charge is 0.388 e. The van der Waals surface area contributed by atoms with Crippen LogP contribution in [0.15, 0.2) is 48.8 Å². The van der Waals surface area contributed by atoms with E-state index < -0.39 is 6.04 Å². The average Bonchev–Trinajstić information content (AvgIpc) is 2.79. The fourth-order valence-electron chi connectivity index (χ4n) is 3.79. The highest BCUT2D eigenvalue weighted by Crippen LogP contribution is 2.26. The lowest BCUT2D eigenvalue weighted by Crippen LogP contribution is -2.53. The molecule has 0 bridgehead atoms. The fourth-order valence-corrected chi connectivity index (χ4v) is 3.91. The molecule has 4 rings (SSSR count). The van der Waals surface area contributed by atoms with E-state index in [1.54, 1.807) is 6.33 Å². The molecule has 3 N–H and O–H groups in total. The van der Waals surface area contributed by atoms with Crippen LogP contribution in [-0.4, -0.2) is 60.0 Å². The molecule has 1 aliphatic heterocycles. The van der Waals surface area contributed by atoms with Gasteiger partial charge in [-0.25, -0.2) is 9.97 Å². The zero-order chi connectivity index (χ0) is 21.1. The average molecular weight is 425 g/mol. The van der Waals surface area contributed by atoms with Crippen LogP contribution >= 0.6 is 11.6 Å². The molecule has 1 amide bonds. The number of nitrogens with two attached hydrogens (primary N) is 1. The Kier molecular flexibility index (Phi) is 6.01. The molecular formula is C22H25ClN6O. The number of fused-ring (bicyclic) bond motifs is 1. The summed E-state index contributed by atoms with van der Waals surface area (Å²) in [6.45, 7) is 2.64. The summed E-state index contributed by atoms with van der Waals surface area (Å²) < 4.78 is 0. The van der Waals surface area contributed by atoms with Crippen molar-refractivity contribution in [2.45, 2.75) is 12.5 Å². The third kappa shape index (κ3) is 4.32. The van der Waals surface area contributed by atoms with Gasteiger partial charge in [0.15, 0.2) is 0 Å². The van der Waals surface area contributed by atoms with E-state index >= 15 is 0 Å². The molecule has 0 spiro atoms. The Bertz CT molecular complexity index is 1030. The number of anilines is 2. The van der Waals surface area contributed by atoms with Gasteiger partial charge in [-0.3, -0.25) is 4.79 Å². The highest BCUT2D eigenvalue weighted by Gasteiger charge is 2.26. The summed E-state index contributed by atoms with van der Waals surface area (Å²) in [6.07, 6.45) is 2.09. The number of hydrogen-bond acceptors (Lipinski definition) is 6. The normalized spacial score (nSPS) is 15.3. The van der Waals surface area contributed by atoms with Gasteiger partial charge in [0.25, 0.3) is 0 Å². The molecule has 1 atom stereocenters. The summed E-state index contributed by atoms with van der Waals surface area (Å²) in [5.74, 6) is 0.879. The van der Waals surface area contributed by atoms with Crippen molar-refractivity contribution in [1.29, 1.82) is 0 Å². The first-order valence-electron chi connectivity index (χ1n) is 10.0. The highest BCUT2D eigenvalue weighted by atomic mass is 35.5. The van der Waals surface area contributed by atoms with Crippen molar-refractivity contribution in [3.05, 3.63) is 59.4 Å². The molecule has 1 saturated heterocycles. The standard InChI is InChI=1S/C22H25ClN6O/c1-25-17-6-7-20-18(13-17)21(27-14-26-20)28-8-10-29(11-9-28)22(30)19(24)12-15-2-4-16(23)5-3-15/h2-7,13-14,19,25H,8-12,24H2,1H3/t19-/m1/s1. The van der Waals surface area contributed by atoms with Gasteiger partial charge < -0.3 is 20.9 Å². The lowest BCUT2D eigenvalue weighted by molar-refractivity contribution is -0.132. The highest BCUT2D eigenvalue weighted by molar-refractivity contribution is 6.30. The van der Waals surface area contributed by atoms with Crippen molar-refractivity contribution in [3.63, 3.8) is 0 Å². The predicted octanol–water partition coefficient (Wildman–Crippen LogP) is 2.54. The Morgan fingerprint density at radius 2 is 1.87 bits per heavy atom. The summed E-state index contributed by atoms with van der Waals surface area (Å²) >= 11 is 5.93. The minimum Gasteiger partial charge on any atom is -0.388 e. The molecule has 0 radical (unpaired) electrons. The van der Waals surface area contributed by atoms with E-state index in [0.29, 0.717) is 37.6 Å². The van der Waals surface area contributed by atoms with Gasteiger partial charge in [-0.2, -0.15) is 0 Å². The zero-order valence-corrected chi connectivity index (χ0v) is 17.6. The van der Waals surface area contributed by atoms with Crippen LogP contribution < -0.4 is 16.0 Å². The first-order valence-corrected chi connectivity index (χ1v) is 10.4. The molecule has 2 heterocycles. The monoisotopic (exact) mass is 424 g/mol. The number of aromatic nitrogens is 2. The first-order chi connectivity index (χ1) is 14.5. The van der Waals surface area contributed by atoms with Gasteiger partial charge >= 0.3 is 0 Å². The number of halogens is 1. The summed E-state index contributed by atoms with van der Waals surface area (Å²) in [5.41, 5.74) is 9.13. The molecule has 1 aliphatic rings. The van der Waals surface area contributed by atoms with Crippen LogP contribution in [0.2, 0.25) is 5.02 Å². The Morgan fingerprint density at radius 1 is 1.13 bits per heavy atom. The second kappa shape index (κ2) is 8.85. The Morgan fingerprint density at radius 3 is 2.57 bits per heavy atom. The summed E-state index contributed by atoms with van der Waals surface area (Å²) in [7, 11) is 1.89. The quantitative estimate of drug-likeness (QED) is 0.654. The number of benzene rings is 2. The van der Waals surface area contributed by atoms with Gasteiger partial charge in [0.05, 0.1) is 11.6 Å². The predicted molar refractivity (Wildman–Crippen MR) is 121 cm³/mol. The van der Waals surface area contributed by atoms with E-state index in [9.17, 15) is 4.79 Å². The summed E-state index contributed by atoms with van der Waals surface area (Å²) in [5, 5.41) is 4.84. The van der Waals surface area contributed by atoms with E-state index in [-0.39, 0.29) is 5.91 Å². The number of carbonyl (C=O) groups is 1.